The first-order valence-electron chi connectivity index (χ1n) is 13.6. The fraction of sp³-hybridized carbons (Fsp3) is 0. The predicted molar refractivity (Wildman–Crippen MR) is 156 cm³/mol. The van der Waals surface area contributed by atoms with E-state index in [1.165, 1.54) is 12.1 Å². The van der Waals surface area contributed by atoms with Crippen LogP contribution in [0, 0.1) is 115 Å². The summed E-state index contributed by atoms with van der Waals surface area (Å²) in [5.74, 6) is -16.3. The molecule has 6 rings (SSSR count). The molecule has 2 aliphatic rings. The van der Waals surface area contributed by atoms with Gasteiger partial charge in [0, 0.05) is 33.4 Å². The molecule has 14 heteroatoms. The van der Waals surface area contributed by atoms with E-state index in [0.717, 1.165) is 36.4 Å². The van der Waals surface area contributed by atoms with Crippen LogP contribution in [0.2, 0.25) is 0 Å². The van der Waals surface area contributed by atoms with Gasteiger partial charge in [-0.3, -0.25) is 0 Å². The van der Waals surface area contributed by atoms with Crippen LogP contribution in [0.5, 0.6) is 0 Å². The summed E-state index contributed by atoms with van der Waals surface area (Å²) in [6.45, 7) is 0. The lowest BCUT2D eigenvalue weighted by Crippen LogP contribution is -2.07. The van der Waals surface area contributed by atoms with E-state index in [0.29, 0.717) is 0 Å². The molecule has 0 amide bonds. The molecule has 0 atom stereocenters. The first kappa shape index (κ1) is 32.4. The minimum Gasteiger partial charge on any atom is -0.203 e. The lowest BCUT2D eigenvalue weighted by molar-refractivity contribution is 0.454. The van der Waals surface area contributed by atoms with Gasteiger partial charge in [-0.25, -0.2) is 35.1 Å². The van der Waals surface area contributed by atoms with E-state index in [9.17, 15) is 38.6 Å². The molecule has 0 saturated carbocycles. The van der Waals surface area contributed by atoms with Gasteiger partial charge in [0.1, 0.15) is 58.7 Å². The molecular formula is C36H6F8N6. The van der Waals surface area contributed by atoms with Crippen molar-refractivity contribution in [3.63, 3.8) is 0 Å². The van der Waals surface area contributed by atoms with Crippen LogP contribution in [0.3, 0.4) is 0 Å². The number of nitriles is 6. The summed E-state index contributed by atoms with van der Waals surface area (Å²) in [5, 5.41) is 58.1. The highest BCUT2D eigenvalue weighted by molar-refractivity contribution is 6.39. The van der Waals surface area contributed by atoms with Gasteiger partial charge in [-0.05, 0) is 22.3 Å². The Morgan fingerprint density at radius 1 is 0.380 bits per heavy atom. The van der Waals surface area contributed by atoms with Crippen LogP contribution in [0.15, 0.2) is 47.5 Å². The summed E-state index contributed by atoms with van der Waals surface area (Å²) >= 11 is 0. The number of fused-ring (bicyclic) bond motifs is 4. The molecule has 0 aromatic heterocycles. The van der Waals surface area contributed by atoms with Crippen LogP contribution >= 0.6 is 0 Å². The fourth-order valence-electron chi connectivity index (χ4n) is 6.22. The molecule has 4 aromatic carbocycles. The van der Waals surface area contributed by atoms with E-state index in [2.05, 4.69) is 0 Å². The molecule has 6 nitrogen and oxygen atoms in total. The number of hydrogen-bond acceptors (Lipinski definition) is 6. The molecule has 236 valence electrons. The van der Waals surface area contributed by atoms with Crippen LogP contribution < -0.4 is 0 Å². The molecule has 0 saturated heterocycles. The van der Waals surface area contributed by atoms with Crippen molar-refractivity contribution in [1.29, 1.82) is 31.6 Å². The molecule has 0 fully saturated rings. The summed E-state index contributed by atoms with van der Waals surface area (Å²) in [5.41, 5.74) is -11.2. The maximum atomic E-state index is 15.5. The lowest BCUT2D eigenvalue weighted by Gasteiger charge is -2.19. The molecule has 0 unspecified atom stereocenters. The van der Waals surface area contributed by atoms with Gasteiger partial charge < -0.3 is 0 Å². The average Bonchev–Trinajstić information content (AvgIpc) is 3.63. The molecular weight excluding hydrogens is 668 g/mol. The number of nitrogens with zero attached hydrogens (tertiary/aromatic N) is 6. The Bertz CT molecular complexity index is 2420. The van der Waals surface area contributed by atoms with Gasteiger partial charge in [0.05, 0.1) is 11.1 Å². The van der Waals surface area contributed by atoms with E-state index in [1.54, 1.807) is 24.3 Å². The van der Waals surface area contributed by atoms with E-state index in [-0.39, 0.29) is 22.3 Å². The Hall–Kier alpha value is -7.52. The first-order valence-corrected chi connectivity index (χ1v) is 13.6. The van der Waals surface area contributed by atoms with Gasteiger partial charge in [-0.1, -0.05) is 36.4 Å². The summed E-state index contributed by atoms with van der Waals surface area (Å²) in [7, 11) is 0. The SMILES string of the molecule is N#CC(C#N)=C1C2=C(C(=C(C#N)C#N)c3c2cccc3-c2c(F)c(F)c(C#N)c(F)c2F)c2cccc(-c3c(F)c(F)c(C#N)c(F)c3F)c21. The first-order chi connectivity index (χ1) is 23.9. The highest BCUT2D eigenvalue weighted by Gasteiger charge is 2.44. The largest absolute Gasteiger partial charge is 0.203 e. The molecule has 0 spiro atoms. The van der Waals surface area contributed by atoms with E-state index in [1.807, 2.05) is 0 Å². The summed E-state index contributed by atoms with van der Waals surface area (Å²) < 4.78 is 121. The maximum Gasteiger partial charge on any atom is 0.180 e. The number of allylic oxidation sites excluding steroid dienone is 6. The highest BCUT2D eigenvalue weighted by atomic mass is 19.2. The fourth-order valence-corrected chi connectivity index (χ4v) is 6.22. The van der Waals surface area contributed by atoms with Gasteiger partial charge in [-0.15, -0.1) is 0 Å². The second-order valence-electron chi connectivity index (χ2n) is 10.4. The summed E-state index contributed by atoms with van der Waals surface area (Å²) in [6.07, 6.45) is 0. The van der Waals surface area contributed by atoms with Gasteiger partial charge in [0.2, 0.25) is 0 Å². The Balaban J connectivity index is 1.81. The molecule has 0 N–H and O–H groups in total. The Morgan fingerprint density at radius 2 is 0.660 bits per heavy atom. The second kappa shape index (κ2) is 11.6. The number of rotatable bonds is 2. The topological polar surface area (TPSA) is 143 Å². The van der Waals surface area contributed by atoms with Gasteiger partial charge in [0.15, 0.2) is 46.5 Å². The van der Waals surface area contributed by atoms with Crippen LogP contribution in [0.25, 0.3) is 44.5 Å². The lowest BCUT2D eigenvalue weighted by atomic mass is 9.83. The van der Waals surface area contributed by atoms with Crippen molar-refractivity contribution in [3.05, 3.63) is 127 Å². The van der Waals surface area contributed by atoms with Crippen molar-refractivity contribution in [1.82, 2.24) is 0 Å². The van der Waals surface area contributed by atoms with Crippen molar-refractivity contribution >= 4 is 22.3 Å². The molecule has 0 aliphatic heterocycles. The highest BCUT2D eigenvalue weighted by Crippen LogP contribution is 2.62. The maximum absolute atomic E-state index is 15.5. The van der Waals surface area contributed by atoms with Crippen LogP contribution in [0.1, 0.15) is 33.4 Å². The Labute approximate surface area is 275 Å². The molecule has 0 bridgehead atoms. The van der Waals surface area contributed by atoms with Crippen molar-refractivity contribution < 1.29 is 35.1 Å². The van der Waals surface area contributed by atoms with Crippen molar-refractivity contribution in [3.8, 4) is 58.7 Å². The predicted octanol–water partition coefficient (Wildman–Crippen LogP) is 8.42. The zero-order chi connectivity index (χ0) is 36.3. The summed E-state index contributed by atoms with van der Waals surface area (Å²) in [6, 6.07) is 15.1. The van der Waals surface area contributed by atoms with Gasteiger partial charge in [0.25, 0.3) is 0 Å². The van der Waals surface area contributed by atoms with Crippen LogP contribution in [-0.2, 0) is 0 Å². The van der Waals surface area contributed by atoms with Crippen LogP contribution in [0.4, 0.5) is 35.1 Å². The standard InChI is InChI=1S/C36H6F8N6/c37-29-19(11-49)30(38)34(42)27(33(29)41)17-5-1-3-15-23(17)21(13(7-45)8-46)26-16-4-2-6-18(24(16)22(25(15)26)14(9-47)10-48)28-35(43)31(39)20(12-50)32(40)36(28)44/h1-6H. The third-order valence-corrected chi connectivity index (χ3v) is 8.15. The molecule has 2 aliphatic carbocycles. The Morgan fingerprint density at radius 3 is 0.920 bits per heavy atom. The zero-order valence-corrected chi connectivity index (χ0v) is 24.2. The molecule has 4 aromatic rings. The normalized spacial score (nSPS) is 12.1. The quantitative estimate of drug-likeness (QED) is 0.119. The van der Waals surface area contributed by atoms with E-state index >= 15 is 17.6 Å². The molecule has 0 heterocycles. The van der Waals surface area contributed by atoms with Crippen LogP contribution in [-0.4, -0.2) is 0 Å². The smallest absolute Gasteiger partial charge is 0.180 e. The van der Waals surface area contributed by atoms with Crippen molar-refractivity contribution in [2.24, 2.45) is 0 Å². The second-order valence-corrected chi connectivity index (χ2v) is 10.4. The van der Waals surface area contributed by atoms with E-state index in [4.69, 9.17) is 10.5 Å². The number of hydrogen-bond donors (Lipinski definition) is 0. The van der Waals surface area contributed by atoms with E-state index < -0.39 is 113 Å². The van der Waals surface area contributed by atoms with Gasteiger partial charge in [-0.2, -0.15) is 31.6 Å². The molecule has 0 radical (unpaired) electrons. The third kappa shape index (κ3) is 4.07. The monoisotopic (exact) mass is 674 g/mol. The average molecular weight is 674 g/mol. The van der Waals surface area contributed by atoms with Crippen molar-refractivity contribution in [2.45, 2.75) is 0 Å². The zero-order valence-electron chi connectivity index (χ0n) is 24.2. The third-order valence-electron chi connectivity index (χ3n) is 8.15. The number of halogens is 8. The minimum atomic E-state index is -2.05. The number of benzene rings is 4. The van der Waals surface area contributed by atoms with Gasteiger partial charge >= 0.3 is 0 Å². The minimum absolute atomic E-state index is 0.197. The summed E-state index contributed by atoms with van der Waals surface area (Å²) in [4.78, 5) is 0. The molecule has 50 heavy (non-hydrogen) atoms. The Kier molecular flexibility index (Phi) is 7.54. The van der Waals surface area contributed by atoms with Crippen molar-refractivity contribution in [2.75, 3.05) is 0 Å².